The SMILES string of the molecule is COC(=O)C12CC3CC(C1)C(NC(=O)[C@H](O)CNC(C)c1ccccc1)C(C3)C2. The quantitative estimate of drug-likeness (QED) is 0.611. The summed E-state index contributed by atoms with van der Waals surface area (Å²) in [7, 11) is 1.47. The van der Waals surface area contributed by atoms with Gasteiger partial charge in [-0.2, -0.15) is 0 Å². The minimum absolute atomic E-state index is 0.0537. The second-order valence-corrected chi connectivity index (χ2v) is 9.33. The molecule has 4 bridgehead atoms. The molecule has 4 fully saturated rings. The molecule has 0 saturated heterocycles. The van der Waals surface area contributed by atoms with E-state index in [1.165, 1.54) is 7.11 Å². The van der Waals surface area contributed by atoms with Crippen LogP contribution < -0.4 is 10.6 Å². The van der Waals surface area contributed by atoms with Gasteiger partial charge in [-0.3, -0.25) is 9.59 Å². The smallest absolute Gasteiger partial charge is 0.311 e. The van der Waals surface area contributed by atoms with Gasteiger partial charge >= 0.3 is 5.97 Å². The van der Waals surface area contributed by atoms with Gasteiger partial charge in [0.2, 0.25) is 5.91 Å². The van der Waals surface area contributed by atoms with Crippen LogP contribution >= 0.6 is 0 Å². The Labute approximate surface area is 172 Å². The summed E-state index contributed by atoms with van der Waals surface area (Å²) >= 11 is 0. The first-order chi connectivity index (χ1) is 13.9. The number of hydrogen-bond acceptors (Lipinski definition) is 5. The van der Waals surface area contributed by atoms with E-state index in [9.17, 15) is 14.7 Å². The first-order valence-corrected chi connectivity index (χ1v) is 10.8. The Hall–Kier alpha value is -1.92. The fourth-order valence-corrected chi connectivity index (χ4v) is 6.23. The van der Waals surface area contributed by atoms with Crippen molar-refractivity contribution in [3.63, 3.8) is 0 Å². The van der Waals surface area contributed by atoms with Crippen LogP contribution in [0.3, 0.4) is 0 Å². The van der Waals surface area contributed by atoms with Crippen LogP contribution in [0, 0.1) is 23.2 Å². The minimum Gasteiger partial charge on any atom is -0.469 e. The van der Waals surface area contributed by atoms with Gasteiger partial charge in [0.25, 0.3) is 0 Å². The number of hydrogen-bond donors (Lipinski definition) is 3. The molecule has 5 rings (SSSR count). The molecule has 0 aliphatic heterocycles. The summed E-state index contributed by atoms with van der Waals surface area (Å²) in [5.74, 6) is 0.752. The zero-order chi connectivity index (χ0) is 20.6. The highest BCUT2D eigenvalue weighted by Gasteiger charge is 2.59. The molecule has 29 heavy (non-hydrogen) atoms. The molecule has 6 nitrogen and oxygen atoms in total. The lowest BCUT2D eigenvalue weighted by Gasteiger charge is -2.58. The Bertz CT molecular complexity index is 737. The van der Waals surface area contributed by atoms with Crippen molar-refractivity contribution in [1.29, 1.82) is 0 Å². The number of aliphatic hydroxyl groups excluding tert-OH is 1. The van der Waals surface area contributed by atoms with Gasteiger partial charge in [0, 0.05) is 18.6 Å². The average Bonchev–Trinajstić information content (AvgIpc) is 2.73. The van der Waals surface area contributed by atoms with Crippen molar-refractivity contribution in [3.05, 3.63) is 35.9 Å². The molecule has 6 heteroatoms. The molecule has 4 aliphatic carbocycles. The number of esters is 1. The molecule has 1 aromatic carbocycles. The number of benzene rings is 1. The van der Waals surface area contributed by atoms with Crippen LogP contribution in [0.25, 0.3) is 0 Å². The van der Waals surface area contributed by atoms with Crippen molar-refractivity contribution in [2.45, 2.75) is 57.2 Å². The Morgan fingerprint density at radius 2 is 1.83 bits per heavy atom. The molecule has 158 valence electrons. The van der Waals surface area contributed by atoms with E-state index in [0.29, 0.717) is 17.8 Å². The maximum Gasteiger partial charge on any atom is 0.311 e. The molecule has 0 heterocycles. The van der Waals surface area contributed by atoms with Gasteiger partial charge < -0.3 is 20.5 Å². The van der Waals surface area contributed by atoms with Crippen molar-refractivity contribution < 1.29 is 19.4 Å². The fraction of sp³-hybridized carbons (Fsp3) is 0.652. The summed E-state index contributed by atoms with van der Waals surface area (Å²) in [5.41, 5.74) is 0.770. The van der Waals surface area contributed by atoms with Crippen molar-refractivity contribution in [1.82, 2.24) is 10.6 Å². The summed E-state index contributed by atoms with van der Waals surface area (Å²) in [6.45, 7) is 2.22. The lowest BCUT2D eigenvalue weighted by atomic mass is 9.48. The van der Waals surface area contributed by atoms with Gasteiger partial charge in [-0.1, -0.05) is 30.3 Å². The molecule has 4 saturated carbocycles. The number of amides is 1. The average molecular weight is 401 g/mol. The molecule has 0 radical (unpaired) electrons. The molecular weight excluding hydrogens is 368 g/mol. The van der Waals surface area contributed by atoms with Crippen molar-refractivity contribution in [2.75, 3.05) is 13.7 Å². The first-order valence-electron chi connectivity index (χ1n) is 10.8. The van der Waals surface area contributed by atoms with Crippen LogP contribution in [0.15, 0.2) is 30.3 Å². The van der Waals surface area contributed by atoms with Crippen LogP contribution in [-0.2, 0) is 14.3 Å². The monoisotopic (exact) mass is 400 g/mol. The van der Waals surface area contributed by atoms with Gasteiger partial charge in [0.15, 0.2) is 0 Å². The molecule has 3 N–H and O–H groups in total. The number of carbonyl (C=O) groups is 2. The fourth-order valence-electron chi connectivity index (χ4n) is 6.23. The molecule has 4 atom stereocenters. The number of carbonyl (C=O) groups excluding carboxylic acids is 2. The van der Waals surface area contributed by atoms with Crippen LogP contribution in [0.5, 0.6) is 0 Å². The Kier molecular flexibility index (Phi) is 5.67. The number of methoxy groups -OCH3 is 1. The lowest BCUT2D eigenvalue weighted by molar-refractivity contribution is -0.171. The van der Waals surface area contributed by atoms with E-state index in [1.54, 1.807) is 0 Å². The predicted octanol–water partition coefficient (Wildman–Crippen LogP) is 2.18. The van der Waals surface area contributed by atoms with Crippen molar-refractivity contribution in [2.24, 2.45) is 23.2 Å². The second-order valence-electron chi connectivity index (χ2n) is 9.33. The van der Waals surface area contributed by atoms with Gasteiger partial charge in [-0.25, -0.2) is 0 Å². The zero-order valence-corrected chi connectivity index (χ0v) is 17.3. The van der Waals surface area contributed by atoms with Gasteiger partial charge in [0.1, 0.15) is 6.10 Å². The van der Waals surface area contributed by atoms with E-state index >= 15 is 0 Å². The zero-order valence-electron chi connectivity index (χ0n) is 17.3. The number of rotatable bonds is 7. The number of nitrogens with one attached hydrogen (secondary N) is 2. The predicted molar refractivity (Wildman–Crippen MR) is 109 cm³/mol. The van der Waals surface area contributed by atoms with E-state index < -0.39 is 6.10 Å². The maximum absolute atomic E-state index is 12.7. The summed E-state index contributed by atoms with van der Waals surface area (Å²) in [4.78, 5) is 25.1. The summed E-state index contributed by atoms with van der Waals surface area (Å²) < 4.78 is 5.11. The molecule has 0 spiro atoms. The second kappa shape index (κ2) is 8.07. The van der Waals surface area contributed by atoms with E-state index in [2.05, 4.69) is 10.6 Å². The molecule has 0 aromatic heterocycles. The van der Waals surface area contributed by atoms with Gasteiger partial charge in [0.05, 0.1) is 12.5 Å². The third-order valence-electron chi connectivity index (χ3n) is 7.42. The van der Waals surface area contributed by atoms with E-state index in [4.69, 9.17) is 4.74 Å². The number of aliphatic hydroxyl groups is 1. The molecule has 3 unspecified atom stereocenters. The Morgan fingerprint density at radius 3 is 2.45 bits per heavy atom. The van der Waals surface area contributed by atoms with E-state index in [0.717, 1.165) is 37.7 Å². The highest BCUT2D eigenvalue weighted by atomic mass is 16.5. The van der Waals surface area contributed by atoms with Gasteiger partial charge in [-0.05, 0) is 62.3 Å². The van der Waals surface area contributed by atoms with Crippen LogP contribution in [0.2, 0.25) is 0 Å². The third kappa shape index (κ3) is 3.92. The highest BCUT2D eigenvalue weighted by molar-refractivity contribution is 5.81. The van der Waals surface area contributed by atoms with E-state index in [-0.39, 0.29) is 35.9 Å². The summed E-state index contributed by atoms with van der Waals surface area (Å²) in [6.07, 6.45) is 3.53. The third-order valence-corrected chi connectivity index (χ3v) is 7.42. The molecule has 1 aromatic rings. The van der Waals surface area contributed by atoms with Crippen LogP contribution in [-0.4, -0.2) is 42.8 Å². The van der Waals surface area contributed by atoms with Crippen molar-refractivity contribution in [3.8, 4) is 0 Å². The maximum atomic E-state index is 12.7. The number of ether oxygens (including phenoxy) is 1. The lowest BCUT2D eigenvalue weighted by Crippen LogP contribution is -2.62. The minimum atomic E-state index is -1.09. The van der Waals surface area contributed by atoms with Crippen LogP contribution in [0.4, 0.5) is 0 Å². The Balaban J connectivity index is 1.33. The normalized spacial score (nSPS) is 34.4. The Morgan fingerprint density at radius 1 is 1.17 bits per heavy atom. The molecule has 4 aliphatic rings. The molecule has 1 amide bonds. The van der Waals surface area contributed by atoms with Crippen molar-refractivity contribution >= 4 is 11.9 Å². The largest absolute Gasteiger partial charge is 0.469 e. The molecular formula is C23H32N2O4. The standard InChI is InChI=1S/C23H32N2O4/c1-14(16-6-4-3-5-7-16)24-13-19(26)21(27)25-20-17-8-15-9-18(20)12-23(10-15,11-17)22(28)29-2/h3-7,14-15,17-20,24,26H,8-13H2,1-2H3,(H,25,27)/t14?,15?,17?,18?,19-,20?,23?/m1/s1. The van der Waals surface area contributed by atoms with E-state index in [1.807, 2.05) is 37.3 Å². The summed E-state index contributed by atoms with van der Waals surface area (Å²) in [6, 6.07) is 10.1. The highest BCUT2D eigenvalue weighted by Crippen LogP contribution is 2.60. The summed E-state index contributed by atoms with van der Waals surface area (Å²) in [5, 5.41) is 16.8. The van der Waals surface area contributed by atoms with Gasteiger partial charge in [-0.15, -0.1) is 0 Å². The topological polar surface area (TPSA) is 87.7 Å². The van der Waals surface area contributed by atoms with Crippen LogP contribution in [0.1, 0.15) is 50.6 Å². The first kappa shape index (κ1) is 20.4.